The van der Waals surface area contributed by atoms with Crippen LogP contribution in [0.1, 0.15) is 20.3 Å². The summed E-state index contributed by atoms with van der Waals surface area (Å²) in [5, 5.41) is 8.17. The molecule has 0 saturated heterocycles. The molecule has 0 aromatic heterocycles. The average molecular weight is 270 g/mol. The largest absolute Gasteiger partial charge is 0.478 e. The van der Waals surface area contributed by atoms with Crippen molar-refractivity contribution in [2.24, 2.45) is 5.92 Å². The predicted molar refractivity (Wildman–Crippen MR) is 67.3 cm³/mol. The van der Waals surface area contributed by atoms with Crippen LogP contribution >= 0.6 is 0 Å². The van der Waals surface area contributed by atoms with Crippen molar-refractivity contribution in [1.29, 1.82) is 0 Å². The van der Waals surface area contributed by atoms with E-state index in [1.807, 2.05) is 6.92 Å². The van der Waals surface area contributed by atoms with Crippen LogP contribution < -0.4 is 0 Å². The molecule has 1 aliphatic rings. The van der Waals surface area contributed by atoms with Gasteiger partial charge >= 0.3 is 17.9 Å². The van der Waals surface area contributed by atoms with Crippen molar-refractivity contribution in [2.45, 2.75) is 26.4 Å². The van der Waals surface area contributed by atoms with Gasteiger partial charge in [-0.3, -0.25) is 0 Å². The Hall–Kier alpha value is -2.11. The molecular formula is C13H18O6. The third kappa shape index (κ3) is 9.58. The molecule has 19 heavy (non-hydrogen) atoms. The van der Waals surface area contributed by atoms with Crippen molar-refractivity contribution in [3.05, 3.63) is 24.8 Å². The Kier molecular flexibility index (Phi) is 7.92. The summed E-state index contributed by atoms with van der Waals surface area (Å²) in [4.78, 5) is 30.8. The predicted octanol–water partition coefficient (Wildman–Crippen LogP) is 1.31. The minimum atomic E-state index is -1.14. The van der Waals surface area contributed by atoms with Crippen LogP contribution in [0.2, 0.25) is 0 Å². The van der Waals surface area contributed by atoms with E-state index in [9.17, 15) is 14.4 Å². The summed E-state index contributed by atoms with van der Waals surface area (Å²) < 4.78 is 9.27. The van der Waals surface area contributed by atoms with Crippen LogP contribution in [0.15, 0.2) is 24.8 Å². The minimum absolute atomic E-state index is 0.00375. The van der Waals surface area contributed by atoms with E-state index < -0.39 is 11.9 Å². The van der Waals surface area contributed by atoms with Gasteiger partial charge in [0.25, 0.3) is 0 Å². The topological polar surface area (TPSA) is 89.9 Å². The summed E-state index contributed by atoms with van der Waals surface area (Å²) in [6.07, 6.45) is 3.72. The van der Waals surface area contributed by atoms with E-state index in [2.05, 4.69) is 11.3 Å². The highest BCUT2D eigenvalue weighted by atomic mass is 16.5. The lowest BCUT2D eigenvalue weighted by molar-refractivity contribution is -0.140. The Bertz CT molecular complexity index is 371. The molecule has 1 N–H and O–H groups in total. The number of carboxylic acid groups (broad SMARTS) is 1. The molecule has 0 aromatic carbocycles. The van der Waals surface area contributed by atoms with E-state index in [4.69, 9.17) is 9.84 Å². The number of rotatable bonds is 5. The van der Waals surface area contributed by atoms with Gasteiger partial charge in [-0.1, -0.05) is 13.5 Å². The van der Waals surface area contributed by atoms with E-state index in [0.717, 1.165) is 24.6 Å². The Labute approximate surface area is 111 Å². The molecule has 1 rings (SSSR count). The van der Waals surface area contributed by atoms with Crippen LogP contribution in [-0.2, 0) is 23.9 Å². The maximum atomic E-state index is 10.8. The van der Waals surface area contributed by atoms with Crippen molar-refractivity contribution >= 4 is 17.9 Å². The van der Waals surface area contributed by atoms with Crippen molar-refractivity contribution in [3.63, 3.8) is 0 Å². The molecule has 1 fully saturated rings. The van der Waals surface area contributed by atoms with E-state index >= 15 is 0 Å². The zero-order valence-corrected chi connectivity index (χ0v) is 11.0. The van der Waals surface area contributed by atoms with Crippen molar-refractivity contribution in [3.8, 4) is 0 Å². The number of esters is 2. The third-order valence-corrected chi connectivity index (χ3v) is 2.12. The molecule has 0 spiro atoms. The lowest BCUT2D eigenvalue weighted by Crippen LogP contribution is -2.04. The molecule has 0 radical (unpaired) electrons. The van der Waals surface area contributed by atoms with Crippen molar-refractivity contribution in [1.82, 2.24) is 0 Å². The summed E-state index contributed by atoms with van der Waals surface area (Å²) in [6.45, 7) is 7.35. The molecular weight excluding hydrogens is 252 g/mol. The summed E-state index contributed by atoms with van der Waals surface area (Å²) in [5.74, 6) is -1.66. The van der Waals surface area contributed by atoms with Gasteiger partial charge < -0.3 is 14.6 Å². The van der Waals surface area contributed by atoms with Gasteiger partial charge in [-0.2, -0.15) is 0 Å². The SMILES string of the molecule is C=CC(=O)OCC.CC1CC1OC(=O)/C=C\C(=O)O. The zero-order chi connectivity index (χ0) is 14.8. The lowest BCUT2D eigenvalue weighted by Gasteiger charge is -1.96. The molecule has 1 aliphatic carbocycles. The lowest BCUT2D eigenvalue weighted by atomic mass is 10.5. The first-order chi connectivity index (χ1) is 8.90. The molecule has 0 aliphatic heterocycles. The second kappa shape index (κ2) is 8.91. The first kappa shape index (κ1) is 16.9. The normalized spacial score (nSPS) is 19.9. The molecule has 0 aromatic rings. The highest BCUT2D eigenvalue weighted by molar-refractivity contribution is 5.90. The van der Waals surface area contributed by atoms with Gasteiger partial charge in [0.05, 0.1) is 6.61 Å². The number of ether oxygens (including phenoxy) is 2. The van der Waals surface area contributed by atoms with Crippen LogP contribution in [-0.4, -0.2) is 35.7 Å². The molecule has 0 heterocycles. The van der Waals surface area contributed by atoms with Crippen LogP contribution in [0.4, 0.5) is 0 Å². The van der Waals surface area contributed by atoms with E-state index in [-0.39, 0.29) is 12.1 Å². The van der Waals surface area contributed by atoms with Crippen LogP contribution in [0.5, 0.6) is 0 Å². The summed E-state index contributed by atoms with van der Waals surface area (Å²) >= 11 is 0. The number of carbonyl (C=O) groups excluding carboxylic acids is 2. The van der Waals surface area contributed by atoms with Gasteiger partial charge in [0, 0.05) is 18.2 Å². The standard InChI is InChI=1S/C8H10O4.C5H8O2/c1-5-4-6(5)12-8(11)3-2-7(9)10;1-3-5(6)7-4-2/h2-3,5-6H,4H2,1H3,(H,9,10);3H,1,4H2,2H3/b3-2-;. The Morgan fingerprint density at radius 2 is 1.89 bits per heavy atom. The van der Waals surface area contributed by atoms with Crippen LogP contribution in [0.3, 0.4) is 0 Å². The molecule has 106 valence electrons. The maximum Gasteiger partial charge on any atom is 0.331 e. The van der Waals surface area contributed by atoms with Crippen LogP contribution in [0.25, 0.3) is 0 Å². The summed E-state index contributed by atoms with van der Waals surface area (Å²) in [7, 11) is 0. The molecule has 2 atom stereocenters. The molecule has 0 bridgehead atoms. The Morgan fingerprint density at radius 3 is 2.21 bits per heavy atom. The fourth-order valence-corrected chi connectivity index (χ4v) is 0.981. The zero-order valence-electron chi connectivity index (χ0n) is 11.0. The number of aliphatic carboxylic acids is 1. The Morgan fingerprint density at radius 1 is 1.32 bits per heavy atom. The Balaban J connectivity index is 0.000000399. The van der Waals surface area contributed by atoms with Crippen LogP contribution in [0, 0.1) is 5.92 Å². The van der Waals surface area contributed by atoms with Gasteiger partial charge in [0.1, 0.15) is 6.10 Å². The first-order valence-corrected chi connectivity index (χ1v) is 5.81. The summed E-state index contributed by atoms with van der Waals surface area (Å²) in [6, 6.07) is 0. The maximum absolute atomic E-state index is 10.8. The number of hydrogen-bond donors (Lipinski definition) is 1. The van der Waals surface area contributed by atoms with Gasteiger partial charge in [-0.25, -0.2) is 14.4 Å². The molecule has 1 saturated carbocycles. The quantitative estimate of drug-likeness (QED) is 0.598. The van der Waals surface area contributed by atoms with E-state index in [1.165, 1.54) is 0 Å². The monoisotopic (exact) mass is 270 g/mol. The summed E-state index contributed by atoms with van der Waals surface area (Å²) in [5.41, 5.74) is 0. The minimum Gasteiger partial charge on any atom is -0.478 e. The molecule has 2 unspecified atom stereocenters. The highest BCUT2D eigenvalue weighted by Gasteiger charge is 2.35. The van der Waals surface area contributed by atoms with Gasteiger partial charge in [0.2, 0.25) is 0 Å². The van der Waals surface area contributed by atoms with Gasteiger partial charge in [-0.15, -0.1) is 0 Å². The number of carbonyl (C=O) groups is 3. The number of hydrogen-bond acceptors (Lipinski definition) is 5. The number of carboxylic acids is 1. The van der Waals surface area contributed by atoms with E-state index in [0.29, 0.717) is 12.5 Å². The fraction of sp³-hybridized carbons (Fsp3) is 0.462. The first-order valence-electron chi connectivity index (χ1n) is 5.81. The molecule has 0 amide bonds. The smallest absolute Gasteiger partial charge is 0.331 e. The van der Waals surface area contributed by atoms with Crippen molar-refractivity contribution in [2.75, 3.05) is 6.61 Å². The average Bonchev–Trinajstić information content (AvgIpc) is 3.03. The second-order valence-electron chi connectivity index (χ2n) is 3.82. The van der Waals surface area contributed by atoms with E-state index in [1.54, 1.807) is 6.92 Å². The van der Waals surface area contributed by atoms with Crippen molar-refractivity contribution < 1.29 is 29.0 Å². The second-order valence-corrected chi connectivity index (χ2v) is 3.82. The molecule has 6 heteroatoms. The highest BCUT2D eigenvalue weighted by Crippen LogP contribution is 2.32. The third-order valence-electron chi connectivity index (χ3n) is 2.12. The van der Waals surface area contributed by atoms with Gasteiger partial charge in [-0.05, 0) is 19.3 Å². The van der Waals surface area contributed by atoms with Gasteiger partial charge in [0.15, 0.2) is 0 Å². The fourth-order valence-electron chi connectivity index (χ4n) is 0.981. The molecule has 6 nitrogen and oxygen atoms in total.